The normalized spacial score (nSPS) is 23.9. The van der Waals surface area contributed by atoms with Crippen LogP contribution in [0.4, 0.5) is 0 Å². The lowest BCUT2D eigenvalue weighted by Crippen LogP contribution is -2.37. The van der Waals surface area contributed by atoms with Crippen molar-refractivity contribution in [3.05, 3.63) is 65.2 Å². The molecule has 3 nitrogen and oxygen atoms in total. The Morgan fingerprint density at radius 2 is 2.08 bits per heavy atom. The minimum absolute atomic E-state index is 0.227. The fourth-order valence-corrected chi connectivity index (χ4v) is 4.03. The highest BCUT2D eigenvalue weighted by atomic mass is 16.5. The van der Waals surface area contributed by atoms with E-state index in [1.54, 1.807) is 7.11 Å². The molecule has 2 heterocycles. The Morgan fingerprint density at radius 3 is 3.00 bits per heavy atom. The SMILES string of the molecule is COc1cccc(C2CCCN(CC3OCc4ccccc43)C2)c1. The van der Waals surface area contributed by atoms with E-state index in [-0.39, 0.29) is 6.10 Å². The summed E-state index contributed by atoms with van der Waals surface area (Å²) >= 11 is 0. The minimum atomic E-state index is 0.227. The first-order valence-corrected chi connectivity index (χ1v) is 8.89. The van der Waals surface area contributed by atoms with E-state index in [1.807, 2.05) is 6.07 Å². The smallest absolute Gasteiger partial charge is 0.119 e. The number of fused-ring (bicyclic) bond motifs is 1. The second-order valence-corrected chi connectivity index (χ2v) is 6.87. The van der Waals surface area contributed by atoms with E-state index >= 15 is 0 Å². The van der Waals surface area contributed by atoms with Crippen LogP contribution in [0.3, 0.4) is 0 Å². The Balaban J connectivity index is 1.44. The van der Waals surface area contributed by atoms with Crippen molar-refractivity contribution >= 4 is 0 Å². The number of methoxy groups -OCH3 is 1. The first kappa shape index (κ1) is 15.7. The Hall–Kier alpha value is -1.84. The molecule has 0 bridgehead atoms. The molecule has 0 aliphatic carbocycles. The number of benzene rings is 2. The quantitative estimate of drug-likeness (QED) is 0.844. The number of rotatable bonds is 4. The second-order valence-electron chi connectivity index (χ2n) is 6.87. The molecule has 2 aromatic carbocycles. The maximum Gasteiger partial charge on any atom is 0.119 e. The van der Waals surface area contributed by atoms with Gasteiger partial charge in [-0.2, -0.15) is 0 Å². The molecule has 2 atom stereocenters. The summed E-state index contributed by atoms with van der Waals surface area (Å²) in [5.41, 5.74) is 4.12. The van der Waals surface area contributed by atoms with Gasteiger partial charge in [-0.15, -0.1) is 0 Å². The molecule has 1 fully saturated rings. The topological polar surface area (TPSA) is 21.7 Å². The summed E-state index contributed by atoms with van der Waals surface area (Å²) < 4.78 is 11.4. The Labute approximate surface area is 144 Å². The number of nitrogens with zero attached hydrogens (tertiary/aromatic N) is 1. The molecule has 0 N–H and O–H groups in total. The molecule has 3 heteroatoms. The van der Waals surface area contributed by atoms with E-state index < -0.39 is 0 Å². The van der Waals surface area contributed by atoms with Crippen LogP contribution in [0.1, 0.15) is 41.6 Å². The van der Waals surface area contributed by atoms with Crippen molar-refractivity contribution < 1.29 is 9.47 Å². The molecule has 0 radical (unpaired) electrons. The lowest BCUT2D eigenvalue weighted by molar-refractivity contribution is 0.0296. The Morgan fingerprint density at radius 1 is 1.17 bits per heavy atom. The molecule has 24 heavy (non-hydrogen) atoms. The highest BCUT2D eigenvalue weighted by Gasteiger charge is 2.28. The van der Waals surface area contributed by atoms with Crippen LogP contribution in [-0.2, 0) is 11.3 Å². The predicted molar refractivity (Wildman–Crippen MR) is 95.4 cm³/mol. The van der Waals surface area contributed by atoms with Crippen LogP contribution in [-0.4, -0.2) is 31.6 Å². The lowest BCUT2D eigenvalue weighted by atomic mass is 9.90. The van der Waals surface area contributed by atoms with Gasteiger partial charge in [-0.1, -0.05) is 36.4 Å². The van der Waals surface area contributed by atoms with Gasteiger partial charge in [-0.05, 0) is 54.1 Å². The van der Waals surface area contributed by atoms with E-state index in [2.05, 4.69) is 47.4 Å². The van der Waals surface area contributed by atoms with E-state index in [4.69, 9.17) is 9.47 Å². The van der Waals surface area contributed by atoms with Gasteiger partial charge < -0.3 is 9.47 Å². The summed E-state index contributed by atoms with van der Waals surface area (Å²) in [6.45, 7) is 4.03. The van der Waals surface area contributed by atoms with Crippen molar-refractivity contribution in [1.29, 1.82) is 0 Å². The lowest BCUT2D eigenvalue weighted by Gasteiger charge is -2.34. The largest absolute Gasteiger partial charge is 0.497 e. The molecule has 1 saturated heterocycles. The maximum absolute atomic E-state index is 6.04. The summed E-state index contributed by atoms with van der Waals surface area (Å²) in [6, 6.07) is 17.2. The molecule has 0 aromatic heterocycles. The summed E-state index contributed by atoms with van der Waals surface area (Å²) in [7, 11) is 1.74. The van der Waals surface area contributed by atoms with Crippen molar-refractivity contribution in [1.82, 2.24) is 4.90 Å². The van der Waals surface area contributed by atoms with Crippen LogP contribution in [0.5, 0.6) is 5.75 Å². The number of piperidine rings is 1. The van der Waals surface area contributed by atoms with Gasteiger partial charge in [0.25, 0.3) is 0 Å². The molecule has 2 aliphatic heterocycles. The van der Waals surface area contributed by atoms with Crippen LogP contribution in [0.2, 0.25) is 0 Å². The van der Waals surface area contributed by atoms with Crippen LogP contribution >= 0.6 is 0 Å². The van der Waals surface area contributed by atoms with Gasteiger partial charge in [0.2, 0.25) is 0 Å². The molecular weight excluding hydrogens is 298 g/mol. The third-order valence-electron chi connectivity index (χ3n) is 5.34. The molecule has 0 amide bonds. The highest BCUT2D eigenvalue weighted by molar-refractivity contribution is 5.32. The van der Waals surface area contributed by atoms with Gasteiger partial charge in [0, 0.05) is 13.1 Å². The van der Waals surface area contributed by atoms with Crippen molar-refractivity contribution in [2.24, 2.45) is 0 Å². The van der Waals surface area contributed by atoms with Crippen LogP contribution in [0, 0.1) is 0 Å². The first-order chi connectivity index (χ1) is 11.8. The molecule has 0 saturated carbocycles. The number of hydrogen-bond acceptors (Lipinski definition) is 3. The standard InChI is InChI=1S/C21H25NO2/c1-23-19-9-4-7-16(12-19)17-8-5-11-22(13-17)14-21-20-10-3-2-6-18(20)15-24-21/h2-4,6-7,9-10,12,17,21H,5,8,11,13-15H2,1H3. The van der Waals surface area contributed by atoms with Crippen LogP contribution < -0.4 is 4.74 Å². The fourth-order valence-electron chi connectivity index (χ4n) is 4.03. The maximum atomic E-state index is 6.04. The molecule has 2 unspecified atom stereocenters. The van der Waals surface area contributed by atoms with E-state index in [1.165, 1.54) is 36.1 Å². The molecular formula is C21H25NO2. The summed E-state index contributed by atoms with van der Waals surface area (Å²) in [5.74, 6) is 1.54. The zero-order chi connectivity index (χ0) is 16.4. The number of likely N-dealkylation sites (tertiary alicyclic amines) is 1. The van der Waals surface area contributed by atoms with E-state index in [0.29, 0.717) is 5.92 Å². The third kappa shape index (κ3) is 3.19. The number of ether oxygens (including phenoxy) is 2. The summed E-state index contributed by atoms with van der Waals surface area (Å²) in [6.07, 6.45) is 2.73. The van der Waals surface area contributed by atoms with Gasteiger partial charge in [0.15, 0.2) is 0 Å². The van der Waals surface area contributed by atoms with Gasteiger partial charge >= 0.3 is 0 Å². The van der Waals surface area contributed by atoms with E-state index in [0.717, 1.165) is 25.4 Å². The zero-order valence-corrected chi connectivity index (χ0v) is 14.3. The highest BCUT2D eigenvalue weighted by Crippen LogP contribution is 2.34. The van der Waals surface area contributed by atoms with Crippen molar-refractivity contribution in [2.75, 3.05) is 26.7 Å². The average Bonchev–Trinajstić information content (AvgIpc) is 3.05. The van der Waals surface area contributed by atoms with E-state index in [9.17, 15) is 0 Å². The van der Waals surface area contributed by atoms with Gasteiger partial charge in [0.1, 0.15) is 5.75 Å². The van der Waals surface area contributed by atoms with Crippen LogP contribution in [0.15, 0.2) is 48.5 Å². The third-order valence-corrected chi connectivity index (χ3v) is 5.34. The Kier molecular flexibility index (Phi) is 4.54. The molecule has 126 valence electrons. The van der Waals surface area contributed by atoms with Gasteiger partial charge in [-0.3, -0.25) is 4.90 Å². The van der Waals surface area contributed by atoms with Crippen molar-refractivity contribution in [3.63, 3.8) is 0 Å². The first-order valence-electron chi connectivity index (χ1n) is 8.89. The van der Waals surface area contributed by atoms with Crippen LogP contribution in [0.25, 0.3) is 0 Å². The molecule has 2 aliphatic rings. The monoisotopic (exact) mass is 323 g/mol. The summed E-state index contributed by atoms with van der Waals surface area (Å²) in [5, 5.41) is 0. The summed E-state index contributed by atoms with van der Waals surface area (Å²) in [4.78, 5) is 2.57. The van der Waals surface area contributed by atoms with Gasteiger partial charge in [0.05, 0.1) is 19.8 Å². The van der Waals surface area contributed by atoms with Gasteiger partial charge in [-0.25, -0.2) is 0 Å². The predicted octanol–water partition coefficient (Wildman–Crippen LogP) is 4.15. The average molecular weight is 323 g/mol. The number of hydrogen-bond donors (Lipinski definition) is 0. The zero-order valence-electron chi connectivity index (χ0n) is 14.3. The van der Waals surface area contributed by atoms with Crippen molar-refractivity contribution in [3.8, 4) is 5.75 Å². The van der Waals surface area contributed by atoms with Crippen molar-refractivity contribution in [2.45, 2.75) is 31.5 Å². The second kappa shape index (κ2) is 6.96. The fraction of sp³-hybridized carbons (Fsp3) is 0.429. The molecule has 4 rings (SSSR count). The molecule has 2 aromatic rings. The Bertz CT molecular complexity index is 700. The molecule has 0 spiro atoms. The minimum Gasteiger partial charge on any atom is -0.497 e.